The third-order valence-corrected chi connectivity index (χ3v) is 6.66. The van der Waals surface area contributed by atoms with Crippen LogP contribution < -0.4 is 10.6 Å². The van der Waals surface area contributed by atoms with E-state index in [4.69, 9.17) is 0 Å². The predicted octanol–water partition coefficient (Wildman–Crippen LogP) is 6.06. The van der Waals surface area contributed by atoms with Gasteiger partial charge in [0.2, 0.25) is 0 Å². The number of amides is 2. The fourth-order valence-electron chi connectivity index (χ4n) is 4.01. The van der Waals surface area contributed by atoms with E-state index in [1.54, 1.807) is 42.6 Å². The minimum Gasteiger partial charge on any atom is -0.344 e. The molecule has 1 fully saturated rings. The van der Waals surface area contributed by atoms with Crippen LogP contribution in [0.15, 0.2) is 96.2 Å². The second-order valence-electron chi connectivity index (χ2n) is 9.88. The smallest absolute Gasteiger partial charge is 0.309 e. The van der Waals surface area contributed by atoms with Gasteiger partial charge in [0, 0.05) is 30.6 Å². The van der Waals surface area contributed by atoms with E-state index in [0.717, 1.165) is 5.71 Å². The molecule has 0 unspecified atom stereocenters. The summed E-state index contributed by atoms with van der Waals surface area (Å²) in [7, 11) is 0. The molecule has 2 amide bonds. The first-order valence-corrected chi connectivity index (χ1v) is 13.2. The van der Waals surface area contributed by atoms with Crippen LogP contribution in [0, 0.1) is 0 Å². The Hall–Kier alpha value is -4.32. The molecule has 1 saturated carbocycles. The molecule has 3 aromatic carbocycles. The molecule has 202 valence electrons. The molecule has 0 radical (unpaired) electrons. The van der Waals surface area contributed by atoms with Crippen molar-refractivity contribution in [1.82, 2.24) is 10.6 Å². The van der Waals surface area contributed by atoms with Gasteiger partial charge in [-0.2, -0.15) is 0 Å². The summed E-state index contributed by atoms with van der Waals surface area (Å²) in [6.45, 7) is 7.86. The maximum Gasteiger partial charge on any atom is 0.309 e. The molecule has 0 spiro atoms. The molecule has 2 N–H and O–H groups in total. The van der Waals surface area contributed by atoms with E-state index in [1.807, 2.05) is 19.9 Å². The summed E-state index contributed by atoms with van der Waals surface area (Å²) in [4.78, 5) is 39.2. The molecule has 6 nitrogen and oxygen atoms in total. The Morgan fingerprint density at radius 3 is 2.26 bits per heavy atom. The van der Waals surface area contributed by atoms with Crippen molar-refractivity contribution in [3.05, 3.63) is 108 Å². The second-order valence-corrected chi connectivity index (χ2v) is 9.88. The van der Waals surface area contributed by atoms with Crippen LogP contribution in [0.4, 0.5) is 0 Å². The van der Waals surface area contributed by atoms with E-state index in [0.29, 0.717) is 16.5 Å². The van der Waals surface area contributed by atoms with Gasteiger partial charge in [-0.1, -0.05) is 85.8 Å². The van der Waals surface area contributed by atoms with Crippen molar-refractivity contribution < 1.29 is 14.4 Å². The van der Waals surface area contributed by atoms with Gasteiger partial charge < -0.3 is 10.6 Å². The number of hydrogen-bond donors (Lipinski definition) is 2. The Kier molecular flexibility index (Phi) is 10.5. The highest BCUT2D eigenvalue weighted by molar-refractivity contribution is 6.35. The molecule has 3 aromatic rings. The Labute approximate surface area is 230 Å². The third-order valence-electron chi connectivity index (χ3n) is 6.66. The standard InChI is InChI=1S/C19H23N3O3.C14H14/c1-4-11-20-14(2)8-7-12-21-18(24)19(25)22-13-16-9-5-6-10-17(16)15(3)23;1-14(8-9-14)13-7-6-11-4-2-3-5-12(11)10-13/h4-11H,12-13H2,1-3H3,(H,21,24)(H,22,25);2-7,10H,8-9H2,1H3/b8-7+,11-4-,20-14-;. The summed E-state index contributed by atoms with van der Waals surface area (Å²) in [6, 6.07) is 22.4. The topological polar surface area (TPSA) is 87.6 Å². The number of rotatable bonds is 8. The average molecular weight is 524 g/mol. The Morgan fingerprint density at radius 2 is 1.56 bits per heavy atom. The first-order chi connectivity index (χ1) is 18.7. The average Bonchev–Trinajstić information content (AvgIpc) is 3.71. The van der Waals surface area contributed by atoms with Crippen molar-refractivity contribution in [2.24, 2.45) is 4.99 Å². The Bertz CT molecular complexity index is 1410. The van der Waals surface area contributed by atoms with Crippen LogP contribution in [0.1, 0.15) is 62.0 Å². The number of nitrogens with one attached hydrogen (secondary N) is 2. The van der Waals surface area contributed by atoms with Crippen LogP contribution in [-0.4, -0.2) is 29.9 Å². The molecule has 0 saturated heterocycles. The summed E-state index contributed by atoms with van der Waals surface area (Å²) in [5.74, 6) is -1.56. The zero-order valence-electron chi connectivity index (χ0n) is 23.2. The highest BCUT2D eigenvalue weighted by Gasteiger charge is 2.38. The molecule has 39 heavy (non-hydrogen) atoms. The van der Waals surface area contributed by atoms with Crippen molar-refractivity contribution in [1.29, 1.82) is 0 Å². The van der Waals surface area contributed by atoms with E-state index in [2.05, 4.69) is 65.0 Å². The minimum absolute atomic E-state index is 0.0885. The largest absolute Gasteiger partial charge is 0.344 e. The van der Waals surface area contributed by atoms with E-state index in [-0.39, 0.29) is 18.9 Å². The van der Waals surface area contributed by atoms with Gasteiger partial charge in [0.05, 0.1) is 0 Å². The quantitative estimate of drug-likeness (QED) is 0.214. The zero-order valence-corrected chi connectivity index (χ0v) is 23.2. The summed E-state index contributed by atoms with van der Waals surface area (Å²) in [6.07, 6.45) is 9.65. The van der Waals surface area contributed by atoms with Crippen molar-refractivity contribution >= 4 is 34.1 Å². The van der Waals surface area contributed by atoms with Gasteiger partial charge in [0.15, 0.2) is 5.78 Å². The highest BCUT2D eigenvalue weighted by atomic mass is 16.2. The number of Topliss-reactive ketones (excluding diaryl/α,β-unsaturated/α-hetero) is 1. The Balaban J connectivity index is 0.000000249. The van der Waals surface area contributed by atoms with Crippen LogP contribution in [0.2, 0.25) is 0 Å². The molecule has 0 atom stereocenters. The number of benzene rings is 3. The lowest BCUT2D eigenvalue weighted by molar-refractivity contribution is -0.139. The maximum atomic E-state index is 11.8. The molecule has 1 aliphatic rings. The molecular formula is C33H37N3O3. The van der Waals surface area contributed by atoms with E-state index < -0.39 is 11.8 Å². The summed E-state index contributed by atoms with van der Waals surface area (Å²) >= 11 is 0. The summed E-state index contributed by atoms with van der Waals surface area (Å²) < 4.78 is 0. The van der Waals surface area contributed by atoms with Crippen LogP contribution >= 0.6 is 0 Å². The normalized spacial score (nSPS) is 14.1. The van der Waals surface area contributed by atoms with Crippen LogP contribution in [0.25, 0.3) is 10.8 Å². The van der Waals surface area contributed by atoms with Crippen molar-refractivity contribution in [2.45, 2.75) is 52.5 Å². The number of ketones is 1. The van der Waals surface area contributed by atoms with Crippen molar-refractivity contribution in [3.8, 4) is 0 Å². The lowest BCUT2D eigenvalue weighted by Crippen LogP contribution is -2.39. The van der Waals surface area contributed by atoms with Crippen molar-refractivity contribution in [3.63, 3.8) is 0 Å². The number of aliphatic imine (C=N–C) groups is 1. The van der Waals surface area contributed by atoms with Gasteiger partial charge in [-0.3, -0.25) is 19.4 Å². The lowest BCUT2D eigenvalue weighted by atomic mass is 9.96. The fraction of sp³-hybridized carbons (Fsp3) is 0.273. The molecule has 6 heteroatoms. The van der Waals surface area contributed by atoms with Gasteiger partial charge in [0.1, 0.15) is 0 Å². The SMILES string of the molecule is CC1(c2ccc3ccccc3c2)CC1.C\C=C/N=C(C)\C=C\CNC(=O)C(=O)NCc1ccccc1C(C)=O. The number of allylic oxidation sites excluding steroid dienone is 2. The Morgan fingerprint density at radius 1 is 0.897 bits per heavy atom. The van der Waals surface area contributed by atoms with Crippen molar-refractivity contribution in [2.75, 3.05) is 6.54 Å². The number of carbonyl (C=O) groups excluding carboxylic acids is 3. The van der Waals surface area contributed by atoms with Crippen LogP contribution in [0.5, 0.6) is 0 Å². The van der Waals surface area contributed by atoms with Gasteiger partial charge in [-0.25, -0.2) is 0 Å². The van der Waals surface area contributed by atoms with E-state index in [9.17, 15) is 14.4 Å². The monoisotopic (exact) mass is 523 g/mol. The summed E-state index contributed by atoms with van der Waals surface area (Å²) in [5.41, 5.74) is 3.99. The highest BCUT2D eigenvalue weighted by Crippen LogP contribution is 2.47. The number of hydrogen-bond acceptors (Lipinski definition) is 4. The van der Waals surface area contributed by atoms with Gasteiger partial charge in [0.25, 0.3) is 0 Å². The van der Waals surface area contributed by atoms with Gasteiger partial charge in [-0.15, -0.1) is 0 Å². The van der Waals surface area contributed by atoms with Gasteiger partial charge >= 0.3 is 11.8 Å². The molecule has 0 aromatic heterocycles. The molecule has 0 heterocycles. The molecule has 0 bridgehead atoms. The zero-order chi connectivity index (χ0) is 28.3. The molecule has 1 aliphatic carbocycles. The fourth-order valence-corrected chi connectivity index (χ4v) is 4.01. The first-order valence-electron chi connectivity index (χ1n) is 13.2. The van der Waals surface area contributed by atoms with Crippen LogP contribution in [-0.2, 0) is 21.5 Å². The molecule has 0 aliphatic heterocycles. The van der Waals surface area contributed by atoms with E-state index >= 15 is 0 Å². The number of fused-ring (bicyclic) bond motifs is 1. The summed E-state index contributed by atoms with van der Waals surface area (Å²) in [5, 5.41) is 7.72. The predicted molar refractivity (Wildman–Crippen MR) is 159 cm³/mol. The van der Waals surface area contributed by atoms with Gasteiger partial charge in [-0.05, 0) is 67.0 Å². The van der Waals surface area contributed by atoms with E-state index in [1.165, 1.54) is 36.1 Å². The number of nitrogens with zero attached hydrogens (tertiary/aromatic N) is 1. The molecular weight excluding hydrogens is 486 g/mol. The first kappa shape index (κ1) is 29.2. The minimum atomic E-state index is -0.744. The van der Waals surface area contributed by atoms with Crippen LogP contribution in [0.3, 0.4) is 0 Å². The molecule has 4 rings (SSSR count). The lowest BCUT2D eigenvalue weighted by Gasteiger charge is -2.09. The third kappa shape index (κ3) is 8.88. The maximum absolute atomic E-state index is 11.8. The number of carbonyl (C=O) groups is 3. The second kappa shape index (κ2) is 14.0.